The molecule has 1 unspecified atom stereocenters. The lowest BCUT2D eigenvalue weighted by Crippen LogP contribution is -2.21. The Morgan fingerprint density at radius 2 is 2.19 bits per heavy atom. The van der Waals surface area contributed by atoms with E-state index in [0.717, 1.165) is 18.4 Å². The number of benzene rings is 2. The van der Waals surface area contributed by atoms with Gasteiger partial charge in [0.25, 0.3) is 5.89 Å². The molecule has 1 aliphatic carbocycles. The summed E-state index contributed by atoms with van der Waals surface area (Å²) in [5, 5.41) is 17.2. The summed E-state index contributed by atoms with van der Waals surface area (Å²) in [4.78, 5) is 15.8. The minimum absolute atomic E-state index is 0.0242. The normalized spacial score (nSPS) is 14.9. The van der Waals surface area contributed by atoms with Crippen LogP contribution in [0.3, 0.4) is 0 Å². The number of nitrogens with one attached hydrogen (secondary N) is 1. The van der Waals surface area contributed by atoms with E-state index in [1.165, 1.54) is 11.1 Å². The molecule has 32 heavy (non-hydrogen) atoms. The largest absolute Gasteiger partial charge is 0.490 e. The molecule has 0 amide bonds. The summed E-state index contributed by atoms with van der Waals surface area (Å²) in [5.41, 5.74) is 4.48. The molecule has 0 saturated carbocycles. The first-order valence-corrected chi connectivity index (χ1v) is 10.9. The van der Waals surface area contributed by atoms with E-state index >= 15 is 0 Å². The Kier molecular flexibility index (Phi) is 6.33. The van der Waals surface area contributed by atoms with Crippen molar-refractivity contribution in [3.8, 4) is 34.7 Å². The first-order valence-electron chi connectivity index (χ1n) is 10.9. The zero-order valence-electron chi connectivity index (χ0n) is 18.5. The molecule has 1 aromatic heterocycles. The lowest BCUT2D eigenvalue weighted by Gasteiger charge is -2.14. The van der Waals surface area contributed by atoms with Crippen LogP contribution in [0.5, 0.6) is 5.75 Å². The van der Waals surface area contributed by atoms with Crippen LogP contribution in [-0.2, 0) is 11.2 Å². The maximum atomic E-state index is 11.2. The van der Waals surface area contributed by atoms with E-state index in [1.807, 2.05) is 32.0 Å². The van der Waals surface area contributed by atoms with Gasteiger partial charge in [-0.1, -0.05) is 23.4 Å². The fourth-order valence-corrected chi connectivity index (χ4v) is 4.06. The van der Waals surface area contributed by atoms with Gasteiger partial charge in [0.2, 0.25) is 5.82 Å². The van der Waals surface area contributed by atoms with E-state index in [0.29, 0.717) is 41.6 Å². The molecule has 1 N–H and O–H groups in total. The summed E-state index contributed by atoms with van der Waals surface area (Å²) in [6.07, 6.45) is 2.39. The lowest BCUT2D eigenvalue weighted by atomic mass is 10.0. The molecule has 0 fully saturated rings. The number of ether oxygens (including phenoxy) is 1. The number of carbonyl (C=O) groups is 1. The molecule has 4 rings (SSSR count). The van der Waals surface area contributed by atoms with Gasteiger partial charge in [-0.05, 0) is 62.9 Å². The van der Waals surface area contributed by atoms with Gasteiger partial charge in [0.15, 0.2) is 0 Å². The molecule has 2 aromatic carbocycles. The van der Waals surface area contributed by atoms with Crippen molar-refractivity contribution in [3.63, 3.8) is 0 Å². The molecule has 7 heteroatoms. The number of nitriles is 1. The van der Waals surface area contributed by atoms with E-state index in [9.17, 15) is 10.1 Å². The van der Waals surface area contributed by atoms with Crippen LogP contribution in [0.2, 0.25) is 0 Å². The van der Waals surface area contributed by atoms with Crippen LogP contribution in [0, 0.1) is 11.3 Å². The predicted octanol–water partition coefficient (Wildman–Crippen LogP) is 4.62. The standard InChI is InChI=1S/C25H26N4O3/c1-15(2)31-23-10-7-17(13-18(23)14-26)25-28-24(29-32-25)21-6-4-5-20-19(21)8-9-22(20)27-12-11-16(3)30/h4-7,10,13,15,22,27H,8-9,11-12H2,1-3H3. The summed E-state index contributed by atoms with van der Waals surface area (Å²) in [5.74, 6) is 1.61. The zero-order valence-corrected chi connectivity index (χ0v) is 18.5. The molecule has 164 valence electrons. The molecule has 0 spiro atoms. The number of ketones is 1. The Balaban J connectivity index is 1.58. The summed E-state index contributed by atoms with van der Waals surface area (Å²) < 4.78 is 11.2. The molecule has 1 atom stereocenters. The smallest absolute Gasteiger partial charge is 0.258 e. The Morgan fingerprint density at radius 3 is 2.94 bits per heavy atom. The van der Waals surface area contributed by atoms with Crippen molar-refractivity contribution in [2.45, 2.75) is 52.2 Å². The number of aromatic nitrogens is 2. The predicted molar refractivity (Wildman–Crippen MR) is 120 cm³/mol. The second kappa shape index (κ2) is 9.33. The quantitative estimate of drug-likeness (QED) is 0.556. The number of carbonyl (C=O) groups excluding carboxylic acids is 1. The van der Waals surface area contributed by atoms with Gasteiger partial charge < -0.3 is 14.6 Å². The summed E-state index contributed by atoms with van der Waals surface area (Å²) in [6, 6.07) is 13.8. The molecular weight excluding hydrogens is 404 g/mol. The fraction of sp³-hybridized carbons (Fsp3) is 0.360. The molecular formula is C25H26N4O3. The molecule has 0 radical (unpaired) electrons. The molecule has 3 aromatic rings. The molecule has 7 nitrogen and oxygen atoms in total. The number of Topliss-reactive ketones (excluding diaryl/α,β-unsaturated/α-hetero) is 1. The van der Waals surface area contributed by atoms with Gasteiger partial charge in [0.05, 0.1) is 11.7 Å². The van der Waals surface area contributed by atoms with Gasteiger partial charge >= 0.3 is 0 Å². The first-order chi connectivity index (χ1) is 15.5. The average molecular weight is 431 g/mol. The van der Waals surface area contributed by atoms with Gasteiger partial charge in [-0.2, -0.15) is 10.2 Å². The van der Waals surface area contributed by atoms with Crippen LogP contribution in [0.25, 0.3) is 22.8 Å². The van der Waals surface area contributed by atoms with Gasteiger partial charge in [0, 0.05) is 30.1 Å². The molecule has 1 heterocycles. The fourth-order valence-electron chi connectivity index (χ4n) is 4.06. The minimum Gasteiger partial charge on any atom is -0.490 e. The Morgan fingerprint density at radius 1 is 1.34 bits per heavy atom. The van der Waals surface area contributed by atoms with E-state index in [1.54, 1.807) is 19.1 Å². The van der Waals surface area contributed by atoms with Gasteiger partial charge in [-0.15, -0.1) is 0 Å². The van der Waals surface area contributed by atoms with E-state index in [-0.39, 0.29) is 17.9 Å². The highest BCUT2D eigenvalue weighted by atomic mass is 16.5. The Labute approximate surface area is 187 Å². The maximum Gasteiger partial charge on any atom is 0.258 e. The van der Waals surface area contributed by atoms with E-state index < -0.39 is 0 Å². The van der Waals surface area contributed by atoms with Crippen LogP contribution in [0.1, 0.15) is 56.3 Å². The summed E-state index contributed by atoms with van der Waals surface area (Å²) in [6.45, 7) is 6.12. The van der Waals surface area contributed by atoms with E-state index in [4.69, 9.17) is 9.26 Å². The third kappa shape index (κ3) is 4.56. The zero-order chi connectivity index (χ0) is 22.7. The topological polar surface area (TPSA) is 101 Å². The van der Waals surface area contributed by atoms with Crippen LogP contribution in [0.4, 0.5) is 0 Å². The molecule has 0 saturated heterocycles. The van der Waals surface area contributed by atoms with Crippen molar-refractivity contribution < 1.29 is 14.1 Å². The van der Waals surface area contributed by atoms with Crippen molar-refractivity contribution in [2.24, 2.45) is 0 Å². The minimum atomic E-state index is -0.0242. The Hall–Kier alpha value is -3.50. The van der Waals surface area contributed by atoms with Crippen LogP contribution < -0.4 is 10.1 Å². The number of rotatable bonds is 8. The van der Waals surface area contributed by atoms with Crippen molar-refractivity contribution in [2.75, 3.05) is 6.54 Å². The number of hydrogen-bond donors (Lipinski definition) is 1. The molecule has 0 aliphatic heterocycles. The van der Waals surface area contributed by atoms with Crippen molar-refractivity contribution in [3.05, 3.63) is 53.1 Å². The Bertz CT molecular complexity index is 1180. The molecule has 1 aliphatic rings. The second-order valence-electron chi connectivity index (χ2n) is 8.28. The third-order valence-corrected chi connectivity index (χ3v) is 5.52. The summed E-state index contributed by atoms with van der Waals surface area (Å²) >= 11 is 0. The van der Waals surface area contributed by atoms with Crippen molar-refractivity contribution in [1.29, 1.82) is 5.26 Å². The van der Waals surface area contributed by atoms with Crippen molar-refractivity contribution >= 4 is 5.78 Å². The molecule has 0 bridgehead atoms. The van der Waals surface area contributed by atoms with Gasteiger partial charge in [-0.25, -0.2) is 0 Å². The lowest BCUT2D eigenvalue weighted by molar-refractivity contribution is -0.116. The highest BCUT2D eigenvalue weighted by Gasteiger charge is 2.26. The second-order valence-corrected chi connectivity index (χ2v) is 8.28. The highest BCUT2D eigenvalue weighted by Crippen LogP contribution is 2.37. The van der Waals surface area contributed by atoms with Crippen LogP contribution >= 0.6 is 0 Å². The first kappa shape index (κ1) is 21.7. The van der Waals surface area contributed by atoms with Crippen molar-refractivity contribution in [1.82, 2.24) is 15.5 Å². The summed E-state index contributed by atoms with van der Waals surface area (Å²) in [7, 11) is 0. The maximum absolute atomic E-state index is 11.2. The SMILES string of the molecule is CC(=O)CCNC1CCc2c(-c3noc(-c4ccc(OC(C)C)c(C#N)c4)n3)cccc21. The third-order valence-electron chi connectivity index (χ3n) is 5.52. The number of nitrogens with zero attached hydrogens (tertiary/aromatic N) is 3. The monoisotopic (exact) mass is 430 g/mol. The number of fused-ring (bicyclic) bond motifs is 1. The van der Waals surface area contributed by atoms with Gasteiger partial charge in [-0.3, -0.25) is 4.79 Å². The van der Waals surface area contributed by atoms with Gasteiger partial charge in [0.1, 0.15) is 17.6 Å². The van der Waals surface area contributed by atoms with Crippen LogP contribution in [0.15, 0.2) is 40.9 Å². The van der Waals surface area contributed by atoms with Crippen LogP contribution in [-0.4, -0.2) is 28.6 Å². The average Bonchev–Trinajstić information content (AvgIpc) is 3.41. The van der Waals surface area contributed by atoms with E-state index in [2.05, 4.69) is 27.6 Å². The highest BCUT2D eigenvalue weighted by molar-refractivity contribution is 5.75. The number of hydrogen-bond acceptors (Lipinski definition) is 7.